The number of hydrogen-bond acceptors (Lipinski definition) is 3. The largest absolute Gasteiger partial charge is 0.489 e. The van der Waals surface area contributed by atoms with Crippen molar-refractivity contribution in [2.75, 3.05) is 11.9 Å². The minimum atomic E-state index is -0.704. The van der Waals surface area contributed by atoms with Gasteiger partial charge in [0.1, 0.15) is 18.0 Å². The molecule has 1 saturated carbocycles. The van der Waals surface area contributed by atoms with E-state index in [1.54, 1.807) is 0 Å². The molecule has 2 aromatic carbocycles. The first-order valence-corrected chi connectivity index (χ1v) is 10.8. The summed E-state index contributed by atoms with van der Waals surface area (Å²) in [5.74, 6) is 1.31. The van der Waals surface area contributed by atoms with Crippen molar-refractivity contribution in [1.29, 1.82) is 0 Å². The van der Waals surface area contributed by atoms with E-state index in [4.69, 9.17) is 9.47 Å². The maximum Gasteiger partial charge on any atom is 0.256 e. The fourth-order valence-electron chi connectivity index (χ4n) is 4.07. The maximum atomic E-state index is 13.2. The van der Waals surface area contributed by atoms with Crippen molar-refractivity contribution in [1.82, 2.24) is 0 Å². The van der Waals surface area contributed by atoms with Gasteiger partial charge in [0.2, 0.25) is 0 Å². The smallest absolute Gasteiger partial charge is 0.256 e. The van der Waals surface area contributed by atoms with Gasteiger partial charge in [0.05, 0.1) is 0 Å². The SMILES string of the molecule is CCCO[C@@]1(C(=O)Nc2ccc(OCc3ccccc3)c(C)c2)CCC[C@@H](C)C1. The van der Waals surface area contributed by atoms with Crippen molar-refractivity contribution in [3.05, 3.63) is 59.7 Å². The van der Waals surface area contributed by atoms with Crippen molar-refractivity contribution in [3.8, 4) is 5.75 Å². The number of carbonyl (C=O) groups excluding carboxylic acids is 1. The van der Waals surface area contributed by atoms with Gasteiger partial charge >= 0.3 is 0 Å². The maximum absolute atomic E-state index is 13.2. The molecule has 4 heteroatoms. The Bertz CT molecular complexity index is 805. The number of amides is 1. The van der Waals surface area contributed by atoms with Gasteiger partial charge in [-0.05, 0) is 67.9 Å². The molecule has 1 fully saturated rings. The highest BCUT2D eigenvalue weighted by Crippen LogP contribution is 2.36. The Kier molecular flexibility index (Phi) is 7.32. The molecule has 1 aliphatic rings. The lowest BCUT2D eigenvalue weighted by molar-refractivity contribution is -0.148. The summed E-state index contributed by atoms with van der Waals surface area (Å²) in [4.78, 5) is 13.2. The average molecular weight is 396 g/mol. The zero-order valence-corrected chi connectivity index (χ0v) is 17.9. The van der Waals surface area contributed by atoms with Crippen LogP contribution in [-0.4, -0.2) is 18.1 Å². The normalized spacial score (nSPS) is 21.6. The molecular weight excluding hydrogens is 362 g/mol. The molecule has 4 nitrogen and oxygen atoms in total. The van der Waals surface area contributed by atoms with E-state index < -0.39 is 5.60 Å². The number of anilines is 1. The van der Waals surface area contributed by atoms with Crippen LogP contribution in [0.25, 0.3) is 0 Å². The molecule has 0 aromatic heterocycles. The van der Waals surface area contributed by atoms with Gasteiger partial charge < -0.3 is 14.8 Å². The highest BCUT2D eigenvalue weighted by atomic mass is 16.5. The van der Waals surface area contributed by atoms with Crippen LogP contribution in [0.4, 0.5) is 5.69 Å². The van der Waals surface area contributed by atoms with Gasteiger partial charge in [-0.15, -0.1) is 0 Å². The van der Waals surface area contributed by atoms with E-state index >= 15 is 0 Å². The van der Waals surface area contributed by atoms with Crippen LogP contribution < -0.4 is 10.1 Å². The van der Waals surface area contributed by atoms with Crippen molar-refractivity contribution < 1.29 is 14.3 Å². The van der Waals surface area contributed by atoms with Crippen LogP contribution in [0.3, 0.4) is 0 Å². The van der Waals surface area contributed by atoms with E-state index in [-0.39, 0.29) is 5.91 Å². The topological polar surface area (TPSA) is 47.6 Å². The molecule has 0 unspecified atom stereocenters. The molecule has 156 valence electrons. The fraction of sp³-hybridized carbons (Fsp3) is 0.480. The Morgan fingerprint density at radius 2 is 2.00 bits per heavy atom. The Hall–Kier alpha value is -2.33. The number of ether oxygens (including phenoxy) is 2. The van der Waals surface area contributed by atoms with Gasteiger partial charge in [0.15, 0.2) is 0 Å². The van der Waals surface area contributed by atoms with Gasteiger partial charge in [-0.3, -0.25) is 4.79 Å². The number of nitrogens with one attached hydrogen (secondary N) is 1. The molecule has 0 saturated heterocycles. The predicted molar refractivity (Wildman–Crippen MR) is 117 cm³/mol. The van der Waals surface area contributed by atoms with Gasteiger partial charge in [0, 0.05) is 12.3 Å². The molecule has 29 heavy (non-hydrogen) atoms. The summed E-state index contributed by atoms with van der Waals surface area (Å²) >= 11 is 0. The standard InChI is InChI=1S/C25H33NO3/c1-4-15-29-25(14-8-9-19(2)17-25)24(27)26-22-12-13-23(20(3)16-22)28-18-21-10-6-5-7-11-21/h5-7,10-13,16,19H,4,8-9,14-15,17-18H2,1-3H3,(H,26,27)/t19-,25+/m1/s1. The summed E-state index contributed by atoms with van der Waals surface area (Å²) in [5.41, 5.74) is 2.21. The molecule has 0 radical (unpaired) electrons. The van der Waals surface area contributed by atoms with Crippen LogP contribution in [0.2, 0.25) is 0 Å². The molecule has 1 aliphatic carbocycles. The summed E-state index contributed by atoms with van der Waals surface area (Å²) in [5, 5.41) is 3.10. The molecule has 0 aliphatic heterocycles. The van der Waals surface area contributed by atoms with Gasteiger partial charge in [-0.25, -0.2) is 0 Å². The Morgan fingerprint density at radius 3 is 2.69 bits per heavy atom. The van der Waals surface area contributed by atoms with Crippen molar-refractivity contribution in [2.24, 2.45) is 5.92 Å². The minimum absolute atomic E-state index is 0.0187. The van der Waals surface area contributed by atoms with Crippen LogP contribution in [0, 0.1) is 12.8 Å². The van der Waals surface area contributed by atoms with Crippen LogP contribution in [0.15, 0.2) is 48.5 Å². The van der Waals surface area contributed by atoms with Crippen molar-refractivity contribution in [2.45, 2.75) is 65.1 Å². The molecule has 0 bridgehead atoms. The Balaban J connectivity index is 1.66. The Morgan fingerprint density at radius 1 is 1.21 bits per heavy atom. The highest BCUT2D eigenvalue weighted by molar-refractivity contribution is 5.97. The molecule has 0 heterocycles. The molecule has 3 rings (SSSR count). The zero-order chi connectivity index (χ0) is 20.7. The predicted octanol–water partition coefficient (Wildman–Crippen LogP) is 5.89. The number of carbonyl (C=O) groups is 1. The third kappa shape index (κ3) is 5.60. The first-order chi connectivity index (χ1) is 14.0. The lowest BCUT2D eigenvalue weighted by Gasteiger charge is -2.38. The van der Waals surface area contributed by atoms with Crippen molar-refractivity contribution in [3.63, 3.8) is 0 Å². The summed E-state index contributed by atoms with van der Waals surface area (Å²) < 4.78 is 12.1. The fourth-order valence-corrected chi connectivity index (χ4v) is 4.07. The summed E-state index contributed by atoms with van der Waals surface area (Å²) in [6.07, 6.45) is 4.69. The summed E-state index contributed by atoms with van der Waals surface area (Å²) in [6.45, 7) is 7.43. The lowest BCUT2D eigenvalue weighted by atomic mass is 9.78. The second kappa shape index (κ2) is 9.93. The monoisotopic (exact) mass is 395 g/mol. The second-order valence-electron chi connectivity index (χ2n) is 8.25. The minimum Gasteiger partial charge on any atom is -0.489 e. The Labute approximate surface area is 174 Å². The van der Waals surface area contributed by atoms with Gasteiger partial charge in [-0.1, -0.05) is 50.6 Å². The van der Waals surface area contributed by atoms with Crippen LogP contribution >= 0.6 is 0 Å². The highest BCUT2D eigenvalue weighted by Gasteiger charge is 2.42. The average Bonchev–Trinajstić information content (AvgIpc) is 2.72. The van der Waals surface area contributed by atoms with E-state index in [0.717, 1.165) is 54.7 Å². The first kappa shape index (κ1) is 21.4. The van der Waals surface area contributed by atoms with Crippen LogP contribution in [0.5, 0.6) is 5.75 Å². The molecular formula is C25H33NO3. The quantitative estimate of drug-likeness (QED) is 0.606. The number of aryl methyl sites for hydroxylation is 1. The lowest BCUT2D eigenvalue weighted by Crippen LogP contribution is -2.48. The van der Waals surface area contributed by atoms with E-state index in [1.165, 1.54) is 0 Å². The molecule has 1 amide bonds. The van der Waals surface area contributed by atoms with E-state index in [1.807, 2.05) is 55.5 Å². The number of hydrogen-bond donors (Lipinski definition) is 1. The van der Waals surface area contributed by atoms with E-state index in [9.17, 15) is 4.79 Å². The summed E-state index contributed by atoms with van der Waals surface area (Å²) in [7, 11) is 0. The third-order valence-corrected chi connectivity index (χ3v) is 5.62. The van der Waals surface area contributed by atoms with E-state index in [2.05, 4.69) is 19.2 Å². The molecule has 1 N–H and O–H groups in total. The first-order valence-electron chi connectivity index (χ1n) is 10.8. The second-order valence-corrected chi connectivity index (χ2v) is 8.25. The van der Waals surface area contributed by atoms with Crippen LogP contribution in [-0.2, 0) is 16.1 Å². The molecule has 0 spiro atoms. The zero-order valence-electron chi connectivity index (χ0n) is 17.9. The third-order valence-electron chi connectivity index (χ3n) is 5.62. The molecule has 2 aromatic rings. The van der Waals surface area contributed by atoms with E-state index in [0.29, 0.717) is 19.1 Å². The van der Waals surface area contributed by atoms with Crippen molar-refractivity contribution >= 4 is 11.6 Å². The van der Waals surface area contributed by atoms with Crippen LogP contribution in [0.1, 0.15) is 57.1 Å². The van der Waals surface area contributed by atoms with Gasteiger partial charge in [0.25, 0.3) is 5.91 Å². The summed E-state index contributed by atoms with van der Waals surface area (Å²) in [6, 6.07) is 15.9. The number of rotatable bonds is 8. The number of benzene rings is 2. The van der Waals surface area contributed by atoms with Gasteiger partial charge in [-0.2, -0.15) is 0 Å². The molecule has 2 atom stereocenters.